The minimum absolute atomic E-state index is 0.346. The third-order valence-corrected chi connectivity index (χ3v) is 2.25. The van der Waals surface area contributed by atoms with Gasteiger partial charge in [0.2, 0.25) is 0 Å². The van der Waals surface area contributed by atoms with Crippen molar-refractivity contribution < 1.29 is 9.53 Å². The van der Waals surface area contributed by atoms with Crippen LogP contribution in [0.5, 0.6) is 0 Å². The van der Waals surface area contributed by atoms with Crippen molar-refractivity contribution in [1.82, 2.24) is 9.97 Å². The highest BCUT2D eigenvalue weighted by Crippen LogP contribution is 2.19. The maximum absolute atomic E-state index is 11.8. The second-order valence-electron chi connectivity index (χ2n) is 3.48. The maximum atomic E-state index is 11.8. The van der Waals surface area contributed by atoms with Crippen LogP contribution in [0, 0.1) is 0 Å². The highest BCUT2D eigenvalue weighted by molar-refractivity contribution is 5.96. The molecule has 0 unspecified atom stereocenters. The summed E-state index contributed by atoms with van der Waals surface area (Å²) in [5, 5.41) is 3.04. The third kappa shape index (κ3) is 2.82. The molecule has 2 rings (SSSR count). The Bertz CT molecular complexity index is 529. The molecule has 0 saturated heterocycles. The molecule has 0 aliphatic rings. The molecule has 1 aromatic carbocycles. The predicted octanol–water partition coefficient (Wildman–Crippen LogP) is 2.40. The first-order chi connectivity index (χ1) is 8.81. The second-order valence-corrected chi connectivity index (χ2v) is 3.48. The summed E-state index contributed by atoms with van der Waals surface area (Å²) in [6.45, 7) is 2.12. The largest absolute Gasteiger partial charge is 0.462 e. The molecule has 0 fully saturated rings. The number of benzene rings is 1. The Hall–Kier alpha value is -2.43. The molecule has 0 aliphatic carbocycles. The molecular formula is C13H13N3O2. The molecule has 92 valence electrons. The number of hydrogen-bond acceptors (Lipinski definition) is 5. The third-order valence-electron chi connectivity index (χ3n) is 2.25. The summed E-state index contributed by atoms with van der Waals surface area (Å²) >= 11 is 0. The highest BCUT2D eigenvalue weighted by atomic mass is 16.5. The molecule has 1 heterocycles. The number of nitrogens with one attached hydrogen (secondary N) is 1. The number of aromatic nitrogens is 2. The number of hydrogen-bond donors (Lipinski definition) is 1. The maximum Gasteiger partial charge on any atom is 0.340 e. The summed E-state index contributed by atoms with van der Waals surface area (Å²) in [7, 11) is 0. The highest BCUT2D eigenvalue weighted by Gasteiger charge is 2.11. The minimum Gasteiger partial charge on any atom is -0.462 e. The summed E-state index contributed by atoms with van der Waals surface area (Å²) in [6.07, 6.45) is 4.75. The average molecular weight is 243 g/mol. The van der Waals surface area contributed by atoms with Crippen LogP contribution < -0.4 is 5.32 Å². The lowest BCUT2D eigenvalue weighted by Gasteiger charge is -2.09. The van der Waals surface area contributed by atoms with E-state index in [4.69, 9.17) is 4.74 Å². The summed E-state index contributed by atoms with van der Waals surface area (Å²) < 4.78 is 4.99. The number of ether oxygens (including phenoxy) is 1. The molecule has 2 aromatic rings. The minimum atomic E-state index is -0.357. The zero-order valence-electron chi connectivity index (χ0n) is 9.96. The summed E-state index contributed by atoms with van der Waals surface area (Å²) in [5.41, 5.74) is 1.13. The van der Waals surface area contributed by atoms with Gasteiger partial charge in [-0.2, -0.15) is 0 Å². The van der Waals surface area contributed by atoms with Crippen LogP contribution in [0.15, 0.2) is 42.9 Å². The van der Waals surface area contributed by atoms with Gasteiger partial charge in [-0.3, -0.25) is 4.98 Å². The number of rotatable bonds is 4. The first kappa shape index (κ1) is 12.0. The molecule has 0 bridgehead atoms. The Morgan fingerprint density at radius 3 is 2.89 bits per heavy atom. The van der Waals surface area contributed by atoms with Crippen molar-refractivity contribution in [3.63, 3.8) is 0 Å². The molecule has 5 nitrogen and oxygen atoms in total. The van der Waals surface area contributed by atoms with Gasteiger partial charge in [-0.05, 0) is 19.1 Å². The van der Waals surface area contributed by atoms with Crippen molar-refractivity contribution in [3.05, 3.63) is 48.4 Å². The number of para-hydroxylation sites is 1. The SMILES string of the molecule is CCOC(=O)c1ccccc1Nc1cnccn1. The topological polar surface area (TPSA) is 64.1 Å². The van der Waals surface area contributed by atoms with Gasteiger partial charge in [-0.25, -0.2) is 9.78 Å². The first-order valence-electron chi connectivity index (χ1n) is 5.60. The van der Waals surface area contributed by atoms with Crippen molar-refractivity contribution in [2.45, 2.75) is 6.92 Å². The molecular weight excluding hydrogens is 230 g/mol. The van der Waals surface area contributed by atoms with E-state index in [1.165, 1.54) is 0 Å². The van der Waals surface area contributed by atoms with E-state index in [2.05, 4.69) is 15.3 Å². The Morgan fingerprint density at radius 2 is 2.17 bits per heavy atom. The standard InChI is InChI=1S/C13H13N3O2/c1-2-18-13(17)10-5-3-4-6-11(10)16-12-9-14-7-8-15-12/h3-9H,2H2,1H3,(H,15,16). The van der Waals surface area contributed by atoms with Crippen LogP contribution in [0.3, 0.4) is 0 Å². The van der Waals surface area contributed by atoms with Crippen LogP contribution in [0.1, 0.15) is 17.3 Å². The molecule has 0 aliphatic heterocycles. The molecule has 0 radical (unpaired) electrons. The van der Waals surface area contributed by atoms with E-state index >= 15 is 0 Å². The fourth-order valence-corrected chi connectivity index (χ4v) is 1.48. The number of carbonyl (C=O) groups is 1. The number of nitrogens with zero attached hydrogens (tertiary/aromatic N) is 2. The monoisotopic (exact) mass is 243 g/mol. The lowest BCUT2D eigenvalue weighted by atomic mass is 10.2. The molecule has 1 aromatic heterocycles. The second kappa shape index (κ2) is 5.77. The fraction of sp³-hybridized carbons (Fsp3) is 0.154. The zero-order chi connectivity index (χ0) is 12.8. The van der Waals surface area contributed by atoms with E-state index in [-0.39, 0.29) is 5.97 Å². The summed E-state index contributed by atoms with van der Waals surface area (Å²) in [6, 6.07) is 7.12. The fourth-order valence-electron chi connectivity index (χ4n) is 1.48. The Balaban J connectivity index is 2.25. The van der Waals surface area contributed by atoms with Crippen LogP contribution in [0.4, 0.5) is 11.5 Å². The molecule has 18 heavy (non-hydrogen) atoms. The average Bonchev–Trinajstić information content (AvgIpc) is 2.41. The number of carbonyl (C=O) groups excluding carboxylic acids is 1. The normalized spacial score (nSPS) is 9.83. The van der Waals surface area contributed by atoms with Gasteiger partial charge in [0.25, 0.3) is 0 Å². The zero-order valence-corrected chi connectivity index (χ0v) is 9.96. The molecule has 1 N–H and O–H groups in total. The van der Waals surface area contributed by atoms with Gasteiger partial charge < -0.3 is 10.1 Å². The van der Waals surface area contributed by atoms with Crippen LogP contribution in [0.2, 0.25) is 0 Å². The number of esters is 1. The smallest absolute Gasteiger partial charge is 0.340 e. The summed E-state index contributed by atoms with van der Waals surface area (Å²) in [5.74, 6) is 0.221. The summed E-state index contributed by atoms with van der Waals surface area (Å²) in [4.78, 5) is 19.8. The number of anilines is 2. The first-order valence-corrected chi connectivity index (χ1v) is 5.60. The Morgan fingerprint density at radius 1 is 1.33 bits per heavy atom. The van der Waals surface area contributed by atoms with Crippen molar-refractivity contribution in [2.24, 2.45) is 0 Å². The van der Waals surface area contributed by atoms with Gasteiger partial charge in [-0.15, -0.1) is 0 Å². The quantitative estimate of drug-likeness (QED) is 0.835. The van der Waals surface area contributed by atoms with E-state index in [0.717, 1.165) is 0 Å². The van der Waals surface area contributed by atoms with Crippen LogP contribution in [-0.2, 0) is 4.74 Å². The molecule has 0 saturated carbocycles. The lowest BCUT2D eigenvalue weighted by molar-refractivity contribution is 0.0527. The molecule has 0 amide bonds. The van der Waals surface area contributed by atoms with Crippen LogP contribution in [-0.4, -0.2) is 22.5 Å². The Labute approximate surface area is 105 Å². The van der Waals surface area contributed by atoms with E-state index in [0.29, 0.717) is 23.7 Å². The van der Waals surface area contributed by atoms with Crippen molar-refractivity contribution in [2.75, 3.05) is 11.9 Å². The predicted molar refractivity (Wildman–Crippen MR) is 67.7 cm³/mol. The Kier molecular flexibility index (Phi) is 3.86. The van der Waals surface area contributed by atoms with Crippen molar-refractivity contribution >= 4 is 17.5 Å². The molecule has 0 spiro atoms. The van der Waals surface area contributed by atoms with Crippen LogP contribution in [0.25, 0.3) is 0 Å². The van der Waals surface area contributed by atoms with Crippen molar-refractivity contribution in [1.29, 1.82) is 0 Å². The van der Waals surface area contributed by atoms with Gasteiger partial charge in [-0.1, -0.05) is 12.1 Å². The van der Waals surface area contributed by atoms with Crippen molar-refractivity contribution in [3.8, 4) is 0 Å². The van der Waals surface area contributed by atoms with E-state index in [1.807, 2.05) is 6.07 Å². The van der Waals surface area contributed by atoms with Gasteiger partial charge in [0.1, 0.15) is 5.82 Å². The van der Waals surface area contributed by atoms with E-state index < -0.39 is 0 Å². The van der Waals surface area contributed by atoms with E-state index in [1.54, 1.807) is 43.7 Å². The van der Waals surface area contributed by atoms with Gasteiger partial charge in [0.05, 0.1) is 24.1 Å². The van der Waals surface area contributed by atoms with Gasteiger partial charge >= 0.3 is 5.97 Å². The van der Waals surface area contributed by atoms with Gasteiger partial charge in [0.15, 0.2) is 0 Å². The van der Waals surface area contributed by atoms with Gasteiger partial charge in [0, 0.05) is 12.4 Å². The van der Waals surface area contributed by atoms with Crippen LogP contribution >= 0.6 is 0 Å². The molecule has 5 heteroatoms. The molecule has 0 atom stereocenters. The van der Waals surface area contributed by atoms with E-state index in [9.17, 15) is 4.79 Å². The lowest BCUT2D eigenvalue weighted by Crippen LogP contribution is -2.08.